The number of halogens is 1. The third-order valence-corrected chi connectivity index (χ3v) is 5.62. The summed E-state index contributed by atoms with van der Waals surface area (Å²) in [4.78, 5) is 17.6. The van der Waals surface area contributed by atoms with Gasteiger partial charge in [0.15, 0.2) is 0 Å². The Labute approximate surface area is 180 Å². The quantitative estimate of drug-likeness (QED) is 0.587. The standard InChI is InChI=1S/C25H25FN2O3/c1-15-9-20(26)5-6-22(15)18-10-16(14-29)11-19(12-18)25(30)28-24(17-3-4-17)23-13-21(31-2)7-8-27-23/h5-13,17,24,29H,3-4,14H2,1-2H3,(H,28,30). The molecule has 1 atom stereocenters. The molecular weight excluding hydrogens is 395 g/mol. The molecule has 1 fully saturated rings. The Morgan fingerprint density at radius 1 is 1.23 bits per heavy atom. The summed E-state index contributed by atoms with van der Waals surface area (Å²) in [6.07, 6.45) is 3.73. The Balaban J connectivity index is 1.65. The Bertz CT molecular complexity index is 1110. The predicted molar refractivity (Wildman–Crippen MR) is 116 cm³/mol. The number of amides is 1. The third-order valence-electron chi connectivity index (χ3n) is 5.62. The van der Waals surface area contributed by atoms with Crippen LogP contribution in [-0.4, -0.2) is 23.1 Å². The summed E-state index contributed by atoms with van der Waals surface area (Å²) in [5.74, 6) is 0.484. The second-order valence-corrected chi connectivity index (χ2v) is 7.95. The van der Waals surface area contributed by atoms with E-state index in [-0.39, 0.29) is 24.4 Å². The van der Waals surface area contributed by atoms with Gasteiger partial charge < -0.3 is 15.2 Å². The number of hydrogen-bond acceptors (Lipinski definition) is 4. The molecule has 2 N–H and O–H groups in total. The van der Waals surface area contributed by atoms with E-state index in [2.05, 4.69) is 10.3 Å². The number of aliphatic hydroxyl groups is 1. The molecule has 0 radical (unpaired) electrons. The Kier molecular flexibility index (Phi) is 6.00. The summed E-state index contributed by atoms with van der Waals surface area (Å²) in [6, 6.07) is 13.2. The lowest BCUT2D eigenvalue weighted by atomic mass is 9.96. The van der Waals surface area contributed by atoms with Gasteiger partial charge in [-0.3, -0.25) is 9.78 Å². The smallest absolute Gasteiger partial charge is 0.251 e. The summed E-state index contributed by atoms with van der Waals surface area (Å²) in [6.45, 7) is 1.62. The van der Waals surface area contributed by atoms with Crippen molar-refractivity contribution >= 4 is 5.91 Å². The second-order valence-electron chi connectivity index (χ2n) is 7.95. The van der Waals surface area contributed by atoms with Crippen LogP contribution in [0.4, 0.5) is 4.39 Å². The van der Waals surface area contributed by atoms with Crippen molar-refractivity contribution in [1.82, 2.24) is 10.3 Å². The largest absolute Gasteiger partial charge is 0.497 e. The van der Waals surface area contributed by atoms with E-state index in [1.54, 1.807) is 37.6 Å². The lowest BCUT2D eigenvalue weighted by Crippen LogP contribution is -2.30. The van der Waals surface area contributed by atoms with Crippen LogP contribution in [0.25, 0.3) is 11.1 Å². The molecule has 0 spiro atoms. The molecule has 1 aliphatic rings. The van der Waals surface area contributed by atoms with Crippen molar-refractivity contribution in [1.29, 1.82) is 0 Å². The van der Waals surface area contributed by atoms with Gasteiger partial charge in [0.05, 0.1) is 25.5 Å². The van der Waals surface area contributed by atoms with E-state index in [1.807, 2.05) is 19.1 Å². The van der Waals surface area contributed by atoms with Crippen LogP contribution < -0.4 is 10.1 Å². The van der Waals surface area contributed by atoms with Crippen molar-refractivity contribution in [2.24, 2.45) is 5.92 Å². The number of hydrogen-bond donors (Lipinski definition) is 2. The van der Waals surface area contributed by atoms with Crippen molar-refractivity contribution in [2.45, 2.75) is 32.4 Å². The first-order chi connectivity index (χ1) is 15.0. The van der Waals surface area contributed by atoms with E-state index in [9.17, 15) is 14.3 Å². The van der Waals surface area contributed by atoms with E-state index >= 15 is 0 Å². The first kappa shape index (κ1) is 21.0. The first-order valence-electron chi connectivity index (χ1n) is 10.3. The zero-order chi connectivity index (χ0) is 22.0. The van der Waals surface area contributed by atoms with Gasteiger partial charge >= 0.3 is 0 Å². The molecule has 6 heteroatoms. The zero-order valence-corrected chi connectivity index (χ0v) is 17.6. The highest BCUT2D eigenvalue weighted by Gasteiger charge is 2.34. The van der Waals surface area contributed by atoms with E-state index in [0.29, 0.717) is 22.8 Å². The molecule has 31 heavy (non-hydrogen) atoms. The molecule has 5 nitrogen and oxygen atoms in total. The third kappa shape index (κ3) is 4.75. The summed E-state index contributed by atoms with van der Waals surface area (Å²) < 4.78 is 18.8. The van der Waals surface area contributed by atoms with Gasteiger partial charge in [0.2, 0.25) is 0 Å². The Morgan fingerprint density at radius 2 is 2.03 bits per heavy atom. The summed E-state index contributed by atoms with van der Waals surface area (Å²) in [5.41, 5.74) is 4.17. The monoisotopic (exact) mass is 420 g/mol. The van der Waals surface area contributed by atoms with Crippen molar-refractivity contribution < 1.29 is 19.0 Å². The summed E-state index contributed by atoms with van der Waals surface area (Å²) in [7, 11) is 1.60. The molecule has 0 aliphatic heterocycles. The predicted octanol–water partition coefficient (Wildman–Crippen LogP) is 4.58. The number of rotatable bonds is 7. The van der Waals surface area contributed by atoms with Gasteiger partial charge in [-0.05, 0) is 84.3 Å². The topological polar surface area (TPSA) is 71.5 Å². The number of benzene rings is 2. The average molecular weight is 420 g/mol. The molecule has 1 amide bonds. The fraction of sp³-hybridized carbons (Fsp3) is 0.280. The van der Waals surface area contributed by atoms with Gasteiger partial charge in [-0.1, -0.05) is 6.07 Å². The van der Waals surface area contributed by atoms with Crippen LogP contribution in [0.3, 0.4) is 0 Å². The van der Waals surface area contributed by atoms with Crippen LogP contribution in [0.2, 0.25) is 0 Å². The lowest BCUT2D eigenvalue weighted by molar-refractivity contribution is 0.0930. The van der Waals surface area contributed by atoms with Crippen molar-refractivity contribution in [3.8, 4) is 16.9 Å². The fourth-order valence-electron chi connectivity index (χ4n) is 3.83. The van der Waals surface area contributed by atoms with Crippen molar-refractivity contribution in [3.05, 3.63) is 82.9 Å². The number of aryl methyl sites for hydroxylation is 1. The van der Waals surface area contributed by atoms with E-state index in [1.165, 1.54) is 12.1 Å². The highest BCUT2D eigenvalue weighted by Crippen LogP contribution is 2.41. The average Bonchev–Trinajstić information content (AvgIpc) is 3.62. The SMILES string of the molecule is COc1ccnc(C(NC(=O)c2cc(CO)cc(-c3ccc(F)cc3C)c2)C2CC2)c1. The Morgan fingerprint density at radius 3 is 2.71 bits per heavy atom. The fourth-order valence-corrected chi connectivity index (χ4v) is 3.83. The van der Waals surface area contributed by atoms with Crippen molar-refractivity contribution in [2.75, 3.05) is 7.11 Å². The van der Waals surface area contributed by atoms with Gasteiger partial charge in [0.1, 0.15) is 11.6 Å². The van der Waals surface area contributed by atoms with Gasteiger partial charge in [-0.25, -0.2) is 4.39 Å². The highest BCUT2D eigenvalue weighted by atomic mass is 19.1. The molecule has 1 heterocycles. The van der Waals surface area contributed by atoms with Crippen LogP contribution in [0.1, 0.15) is 46.1 Å². The molecule has 3 aromatic rings. The first-order valence-corrected chi connectivity index (χ1v) is 10.3. The van der Waals surface area contributed by atoms with Crippen LogP contribution in [0.5, 0.6) is 5.75 Å². The molecule has 1 aromatic heterocycles. The van der Waals surface area contributed by atoms with Crippen molar-refractivity contribution in [3.63, 3.8) is 0 Å². The van der Waals surface area contributed by atoms with Crippen LogP contribution >= 0.6 is 0 Å². The molecule has 1 aliphatic carbocycles. The number of carbonyl (C=O) groups is 1. The maximum atomic E-state index is 13.5. The maximum absolute atomic E-state index is 13.5. The number of nitrogens with zero attached hydrogens (tertiary/aromatic N) is 1. The van der Waals surface area contributed by atoms with E-state index < -0.39 is 0 Å². The number of ether oxygens (including phenoxy) is 1. The molecule has 0 saturated heterocycles. The molecule has 1 saturated carbocycles. The number of methoxy groups -OCH3 is 1. The number of nitrogens with one attached hydrogen (secondary N) is 1. The minimum atomic E-state index is -0.310. The normalized spacial score (nSPS) is 14.2. The van der Waals surface area contributed by atoms with Crippen LogP contribution in [0, 0.1) is 18.7 Å². The van der Waals surface area contributed by atoms with E-state index in [0.717, 1.165) is 35.2 Å². The van der Waals surface area contributed by atoms with Gasteiger partial charge in [-0.15, -0.1) is 0 Å². The summed E-state index contributed by atoms with van der Waals surface area (Å²) in [5, 5.41) is 12.8. The van der Waals surface area contributed by atoms with Gasteiger partial charge in [0, 0.05) is 17.8 Å². The molecule has 2 aromatic carbocycles. The van der Waals surface area contributed by atoms with Gasteiger partial charge in [0.25, 0.3) is 5.91 Å². The molecule has 1 unspecified atom stereocenters. The number of aromatic nitrogens is 1. The van der Waals surface area contributed by atoms with Crippen LogP contribution in [0.15, 0.2) is 54.7 Å². The molecule has 4 rings (SSSR count). The zero-order valence-electron chi connectivity index (χ0n) is 17.6. The Hall–Kier alpha value is -3.25. The van der Waals surface area contributed by atoms with E-state index in [4.69, 9.17) is 4.74 Å². The van der Waals surface area contributed by atoms with Crippen LogP contribution in [-0.2, 0) is 6.61 Å². The van der Waals surface area contributed by atoms with Gasteiger partial charge in [-0.2, -0.15) is 0 Å². The number of carbonyl (C=O) groups excluding carboxylic acids is 1. The number of pyridine rings is 1. The lowest BCUT2D eigenvalue weighted by Gasteiger charge is -2.19. The minimum absolute atomic E-state index is 0.197. The minimum Gasteiger partial charge on any atom is -0.497 e. The molecular formula is C25H25FN2O3. The number of aliphatic hydroxyl groups excluding tert-OH is 1. The highest BCUT2D eigenvalue weighted by molar-refractivity contribution is 5.96. The maximum Gasteiger partial charge on any atom is 0.251 e. The molecule has 0 bridgehead atoms. The second kappa shape index (κ2) is 8.86. The summed E-state index contributed by atoms with van der Waals surface area (Å²) >= 11 is 0. The molecule has 160 valence electrons.